The first-order valence-electron chi connectivity index (χ1n) is 7.85. The lowest BCUT2D eigenvalue weighted by molar-refractivity contribution is 0.0787. The Labute approximate surface area is 136 Å². The van der Waals surface area contributed by atoms with Crippen LogP contribution in [0.5, 0.6) is 0 Å². The molecule has 0 atom stereocenters. The predicted octanol–water partition coefficient (Wildman–Crippen LogP) is 3.02. The highest BCUT2D eigenvalue weighted by atomic mass is 16.2. The molecule has 0 N–H and O–H groups in total. The number of carbonyl (C=O) groups excluding carboxylic acids is 1. The number of benzene rings is 1. The molecule has 1 heterocycles. The van der Waals surface area contributed by atoms with Gasteiger partial charge in [-0.1, -0.05) is 24.3 Å². The number of hydrogen-bond acceptors (Lipinski definition) is 3. The van der Waals surface area contributed by atoms with Crippen molar-refractivity contribution in [1.82, 2.24) is 14.7 Å². The molecule has 0 fully saturated rings. The number of allylic oxidation sites excluding steroid dienone is 1. The Balaban J connectivity index is 2.51. The Kier molecular flexibility index (Phi) is 5.32. The van der Waals surface area contributed by atoms with E-state index in [1.165, 1.54) is 4.68 Å². The Morgan fingerprint density at radius 3 is 2.61 bits per heavy atom. The minimum atomic E-state index is -0.167. The van der Waals surface area contributed by atoms with Gasteiger partial charge in [0.2, 0.25) is 0 Å². The Morgan fingerprint density at radius 1 is 1.35 bits per heavy atom. The van der Waals surface area contributed by atoms with E-state index in [1.54, 1.807) is 30.1 Å². The van der Waals surface area contributed by atoms with Crippen LogP contribution in [0.15, 0.2) is 41.7 Å². The number of fused-ring (bicyclic) bond motifs is 1. The Morgan fingerprint density at radius 2 is 2.00 bits per heavy atom. The first-order chi connectivity index (χ1) is 11.0. The molecular weight excluding hydrogens is 290 g/mol. The zero-order valence-corrected chi connectivity index (χ0v) is 14.0. The fourth-order valence-electron chi connectivity index (χ4n) is 2.47. The first-order valence-corrected chi connectivity index (χ1v) is 7.85. The number of nitrogens with zero attached hydrogens (tertiary/aromatic N) is 3. The van der Waals surface area contributed by atoms with Gasteiger partial charge in [0.25, 0.3) is 11.5 Å². The summed E-state index contributed by atoms with van der Waals surface area (Å²) in [6.07, 6.45) is 3.55. The van der Waals surface area contributed by atoms with Crippen LogP contribution in [-0.2, 0) is 0 Å². The lowest BCUT2D eigenvalue weighted by Crippen LogP contribution is -2.33. The number of amides is 1. The Bertz CT molecular complexity index is 777. The van der Waals surface area contributed by atoms with Crippen LogP contribution in [0, 0.1) is 0 Å². The average Bonchev–Trinajstić information content (AvgIpc) is 2.54. The molecular formula is C18H23N3O2. The molecule has 0 saturated carbocycles. The highest BCUT2D eigenvalue weighted by Gasteiger charge is 2.20. The number of carbonyl (C=O) groups is 1. The number of rotatable bonds is 6. The molecule has 23 heavy (non-hydrogen) atoms. The van der Waals surface area contributed by atoms with Crippen LogP contribution >= 0.6 is 0 Å². The SMILES string of the molecule is C=CCCCN(C)C(=O)c1nn(C(C)C)c(=O)c2ccccc12. The monoisotopic (exact) mass is 313 g/mol. The first kappa shape index (κ1) is 16.9. The van der Waals surface area contributed by atoms with Gasteiger partial charge in [0.1, 0.15) is 0 Å². The van der Waals surface area contributed by atoms with Gasteiger partial charge >= 0.3 is 0 Å². The molecule has 0 unspecified atom stereocenters. The summed E-state index contributed by atoms with van der Waals surface area (Å²) in [5.74, 6) is -0.167. The summed E-state index contributed by atoms with van der Waals surface area (Å²) in [5, 5.41) is 5.48. The standard InChI is InChI=1S/C18H23N3O2/c1-5-6-9-12-20(4)18(23)16-14-10-7-8-11-15(14)17(22)21(19-16)13(2)3/h5,7-8,10-11,13H,1,6,9,12H2,2-4H3. The highest BCUT2D eigenvalue weighted by molar-refractivity contribution is 6.04. The van der Waals surface area contributed by atoms with Gasteiger partial charge in [-0.2, -0.15) is 5.10 Å². The van der Waals surface area contributed by atoms with E-state index in [0.717, 1.165) is 12.8 Å². The molecule has 2 aromatic rings. The molecule has 0 radical (unpaired) electrons. The molecule has 0 bridgehead atoms. The van der Waals surface area contributed by atoms with E-state index in [9.17, 15) is 9.59 Å². The van der Waals surface area contributed by atoms with Gasteiger partial charge in [-0.25, -0.2) is 4.68 Å². The number of aromatic nitrogens is 2. The van der Waals surface area contributed by atoms with Gasteiger partial charge in [-0.15, -0.1) is 6.58 Å². The van der Waals surface area contributed by atoms with Crippen molar-refractivity contribution in [2.75, 3.05) is 13.6 Å². The van der Waals surface area contributed by atoms with Crippen molar-refractivity contribution in [1.29, 1.82) is 0 Å². The fourth-order valence-corrected chi connectivity index (χ4v) is 2.47. The van der Waals surface area contributed by atoms with E-state index in [1.807, 2.05) is 26.0 Å². The van der Waals surface area contributed by atoms with E-state index < -0.39 is 0 Å². The van der Waals surface area contributed by atoms with Gasteiger partial charge in [-0.3, -0.25) is 9.59 Å². The molecule has 0 aliphatic heterocycles. The minimum absolute atomic E-state index is 0.107. The van der Waals surface area contributed by atoms with Gasteiger partial charge in [-0.05, 0) is 32.8 Å². The summed E-state index contributed by atoms with van der Waals surface area (Å²) < 4.78 is 1.38. The lowest BCUT2D eigenvalue weighted by atomic mass is 10.1. The second kappa shape index (κ2) is 7.22. The Hall–Kier alpha value is -2.43. The molecule has 1 aromatic heterocycles. The molecule has 122 valence electrons. The third-order valence-corrected chi connectivity index (χ3v) is 3.77. The molecule has 0 aliphatic carbocycles. The zero-order chi connectivity index (χ0) is 17.0. The summed E-state index contributed by atoms with van der Waals surface area (Å²) in [5.41, 5.74) is 0.163. The molecule has 0 aliphatic rings. The molecule has 0 spiro atoms. The van der Waals surface area contributed by atoms with Gasteiger partial charge in [0.15, 0.2) is 5.69 Å². The number of hydrogen-bond donors (Lipinski definition) is 0. The fraction of sp³-hybridized carbons (Fsp3) is 0.389. The molecule has 2 rings (SSSR count). The van der Waals surface area contributed by atoms with Crippen LogP contribution < -0.4 is 5.56 Å². The van der Waals surface area contributed by atoms with Crippen molar-refractivity contribution < 1.29 is 4.79 Å². The second-order valence-electron chi connectivity index (χ2n) is 5.90. The van der Waals surface area contributed by atoms with Crippen LogP contribution in [0.4, 0.5) is 0 Å². The normalized spacial score (nSPS) is 11.0. The second-order valence-corrected chi connectivity index (χ2v) is 5.90. The maximum atomic E-state index is 12.8. The van der Waals surface area contributed by atoms with Crippen LogP contribution in [0.1, 0.15) is 43.2 Å². The maximum Gasteiger partial charge on any atom is 0.274 e. The van der Waals surface area contributed by atoms with E-state index >= 15 is 0 Å². The maximum absolute atomic E-state index is 12.8. The molecule has 1 amide bonds. The summed E-state index contributed by atoms with van der Waals surface area (Å²) in [6, 6.07) is 7.03. The smallest absolute Gasteiger partial charge is 0.274 e. The molecule has 0 saturated heterocycles. The van der Waals surface area contributed by atoms with Crippen molar-refractivity contribution in [3.05, 3.63) is 53.0 Å². The van der Waals surface area contributed by atoms with E-state index in [0.29, 0.717) is 23.0 Å². The van der Waals surface area contributed by atoms with Crippen molar-refractivity contribution in [3.8, 4) is 0 Å². The summed E-state index contributed by atoms with van der Waals surface area (Å²) in [4.78, 5) is 26.9. The van der Waals surface area contributed by atoms with E-state index in [-0.39, 0.29) is 17.5 Å². The summed E-state index contributed by atoms with van der Waals surface area (Å²) in [6.45, 7) is 8.08. The molecule has 5 heteroatoms. The topological polar surface area (TPSA) is 55.2 Å². The van der Waals surface area contributed by atoms with Crippen LogP contribution in [0.2, 0.25) is 0 Å². The third kappa shape index (κ3) is 3.50. The minimum Gasteiger partial charge on any atom is -0.340 e. The largest absolute Gasteiger partial charge is 0.340 e. The van der Waals surface area contributed by atoms with Crippen LogP contribution in [0.25, 0.3) is 10.8 Å². The molecule has 5 nitrogen and oxygen atoms in total. The van der Waals surface area contributed by atoms with Crippen molar-refractivity contribution >= 4 is 16.7 Å². The lowest BCUT2D eigenvalue weighted by Gasteiger charge is -2.19. The van der Waals surface area contributed by atoms with Crippen molar-refractivity contribution in [2.24, 2.45) is 0 Å². The zero-order valence-electron chi connectivity index (χ0n) is 14.0. The van der Waals surface area contributed by atoms with Crippen LogP contribution in [-0.4, -0.2) is 34.2 Å². The van der Waals surface area contributed by atoms with E-state index in [4.69, 9.17) is 0 Å². The quantitative estimate of drug-likeness (QED) is 0.608. The third-order valence-electron chi connectivity index (χ3n) is 3.77. The van der Waals surface area contributed by atoms with Gasteiger partial charge in [0.05, 0.1) is 11.4 Å². The van der Waals surface area contributed by atoms with Crippen molar-refractivity contribution in [2.45, 2.75) is 32.7 Å². The average molecular weight is 313 g/mol. The summed E-state index contributed by atoms with van der Waals surface area (Å²) in [7, 11) is 1.76. The molecule has 1 aromatic carbocycles. The van der Waals surface area contributed by atoms with Gasteiger partial charge < -0.3 is 4.90 Å². The van der Waals surface area contributed by atoms with Crippen LogP contribution in [0.3, 0.4) is 0 Å². The summed E-state index contributed by atoms with van der Waals surface area (Å²) >= 11 is 0. The number of unbranched alkanes of at least 4 members (excludes halogenated alkanes) is 1. The van der Waals surface area contributed by atoms with Gasteiger partial charge in [0, 0.05) is 19.0 Å². The highest BCUT2D eigenvalue weighted by Crippen LogP contribution is 2.16. The van der Waals surface area contributed by atoms with Crippen molar-refractivity contribution in [3.63, 3.8) is 0 Å². The van der Waals surface area contributed by atoms with E-state index in [2.05, 4.69) is 11.7 Å². The predicted molar refractivity (Wildman–Crippen MR) is 92.8 cm³/mol.